The molecule has 0 spiro atoms. The number of nitrogens with one attached hydrogen (secondary N) is 1. The lowest BCUT2D eigenvalue weighted by molar-refractivity contribution is -0.122. The molecule has 1 aliphatic carbocycles. The lowest BCUT2D eigenvalue weighted by Gasteiger charge is -2.20. The van der Waals surface area contributed by atoms with Crippen LogP contribution in [-0.4, -0.2) is 36.2 Å². The average Bonchev–Trinajstić information content (AvgIpc) is 3.23. The highest BCUT2D eigenvalue weighted by molar-refractivity contribution is 5.77. The van der Waals surface area contributed by atoms with Crippen LogP contribution in [0.4, 0.5) is 13.2 Å². The highest BCUT2D eigenvalue weighted by atomic mass is 19.3. The van der Waals surface area contributed by atoms with Gasteiger partial charge in [-0.2, -0.15) is 0 Å². The molecule has 2 aromatic rings. The van der Waals surface area contributed by atoms with Crippen molar-refractivity contribution < 1.29 is 27.1 Å². The van der Waals surface area contributed by atoms with Gasteiger partial charge in [-0.1, -0.05) is 39.8 Å². The first-order valence-corrected chi connectivity index (χ1v) is 11.1. The second kappa shape index (κ2) is 16.7. The molecule has 0 radical (unpaired) electrons. The number of amides is 1. The van der Waals surface area contributed by atoms with Crippen molar-refractivity contribution in [3.63, 3.8) is 0 Å². The summed E-state index contributed by atoms with van der Waals surface area (Å²) in [6, 6.07) is 4.49. The summed E-state index contributed by atoms with van der Waals surface area (Å²) < 4.78 is 44.2. The quantitative estimate of drug-likeness (QED) is 0.534. The van der Waals surface area contributed by atoms with Gasteiger partial charge in [0.1, 0.15) is 11.6 Å². The largest absolute Gasteiger partial charge is 0.484 e. The van der Waals surface area contributed by atoms with Gasteiger partial charge >= 0.3 is 0 Å². The fraction of sp³-hybridized carbons (Fsp3) is 0.542. The van der Waals surface area contributed by atoms with Crippen LogP contribution in [0.5, 0.6) is 5.75 Å². The van der Waals surface area contributed by atoms with E-state index in [0.29, 0.717) is 23.1 Å². The maximum Gasteiger partial charge on any atom is 0.257 e. The molecule has 33 heavy (non-hydrogen) atoms. The van der Waals surface area contributed by atoms with E-state index >= 15 is 0 Å². The van der Waals surface area contributed by atoms with Crippen LogP contribution in [0, 0.1) is 12.7 Å². The topological polar surface area (TPSA) is 77.3 Å². The number of nitrogens with zero attached hydrogens (tertiary/aromatic N) is 2. The van der Waals surface area contributed by atoms with E-state index in [1.54, 1.807) is 19.1 Å². The van der Waals surface area contributed by atoms with E-state index in [1.807, 2.05) is 20.8 Å². The zero-order chi connectivity index (χ0) is 25.4. The Kier molecular flexibility index (Phi) is 15.3. The molecule has 1 N–H and O–H groups in total. The predicted octanol–water partition coefficient (Wildman–Crippen LogP) is 6.32. The number of aromatic nitrogens is 2. The lowest BCUT2D eigenvalue weighted by Crippen LogP contribution is -2.24. The SMILES string of the molecule is C=C(CC)c1nnc(C2CCC2)o1.CC.CC(F)F.CNC(=O)COc1ccc(C)c(F)c1. The number of carbonyl (C=O) groups excluding carboxylic acids is 1. The molecule has 1 saturated carbocycles. The van der Waals surface area contributed by atoms with E-state index in [4.69, 9.17) is 9.15 Å². The Labute approximate surface area is 194 Å². The molecule has 0 aliphatic heterocycles. The molecule has 6 nitrogen and oxygen atoms in total. The van der Waals surface area contributed by atoms with E-state index in [9.17, 15) is 18.0 Å². The van der Waals surface area contributed by atoms with Gasteiger partial charge in [-0.15, -0.1) is 10.2 Å². The van der Waals surface area contributed by atoms with Crippen molar-refractivity contribution in [2.45, 2.75) is 72.6 Å². The van der Waals surface area contributed by atoms with Gasteiger partial charge in [0.25, 0.3) is 5.91 Å². The normalized spacial score (nSPS) is 12.1. The smallest absolute Gasteiger partial charge is 0.257 e. The molecule has 1 aromatic heterocycles. The highest BCUT2D eigenvalue weighted by Gasteiger charge is 2.25. The molecule has 3 rings (SSSR count). The number of halogens is 3. The number of hydrogen-bond acceptors (Lipinski definition) is 5. The Morgan fingerprint density at radius 2 is 1.91 bits per heavy atom. The van der Waals surface area contributed by atoms with Gasteiger partial charge in [0.15, 0.2) is 6.61 Å². The van der Waals surface area contributed by atoms with Crippen molar-refractivity contribution in [2.75, 3.05) is 13.7 Å². The Hall–Kier alpha value is -2.84. The number of ether oxygens (including phenoxy) is 1. The molecule has 1 aliphatic rings. The minimum absolute atomic E-state index is 0.0982. The van der Waals surface area contributed by atoms with E-state index in [1.165, 1.54) is 32.4 Å². The summed E-state index contributed by atoms with van der Waals surface area (Å²) >= 11 is 0. The molecule has 1 heterocycles. The summed E-state index contributed by atoms with van der Waals surface area (Å²) in [5.41, 5.74) is 1.48. The second-order valence-corrected chi connectivity index (χ2v) is 6.92. The number of aryl methyl sites for hydroxylation is 1. The Morgan fingerprint density at radius 1 is 1.30 bits per heavy atom. The van der Waals surface area contributed by atoms with E-state index in [0.717, 1.165) is 24.8 Å². The first-order chi connectivity index (χ1) is 15.7. The van der Waals surface area contributed by atoms with Crippen LogP contribution >= 0.6 is 0 Å². The summed E-state index contributed by atoms with van der Waals surface area (Å²) in [4.78, 5) is 10.8. The summed E-state index contributed by atoms with van der Waals surface area (Å²) in [6.45, 7) is 12.3. The van der Waals surface area contributed by atoms with Crippen LogP contribution in [0.1, 0.15) is 76.6 Å². The molecule has 1 aromatic carbocycles. The van der Waals surface area contributed by atoms with Crippen molar-refractivity contribution in [1.29, 1.82) is 0 Å². The molecule has 0 atom stereocenters. The molecule has 1 amide bonds. The van der Waals surface area contributed by atoms with Gasteiger partial charge in [0.2, 0.25) is 18.2 Å². The summed E-state index contributed by atoms with van der Waals surface area (Å²) in [5, 5.41) is 10.4. The monoisotopic (exact) mass is 471 g/mol. The van der Waals surface area contributed by atoms with Gasteiger partial charge in [-0.25, -0.2) is 13.2 Å². The fourth-order valence-corrected chi connectivity index (χ4v) is 2.23. The number of carbonyl (C=O) groups is 1. The molecule has 9 heteroatoms. The third kappa shape index (κ3) is 12.1. The zero-order valence-electron chi connectivity index (χ0n) is 20.4. The number of benzene rings is 1. The first-order valence-electron chi connectivity index (χ1n) is 11.1. The molecular weight excluding hydrogens is 435 g/mol. The van der Waals surface area contributed by atoms with E-state index in [2.05, 4.69) is 22.1 Å². The van der Waals surface area contributed by atoms with Crippen LogP contribution in [-0.2, 0) is 4.79 Å². The lowest BCUT2D eigenvalue weighted by atomic mass is 9.85. The minimum atomic E-state index is -2.17. The third-order valence-corrected chi connectivity index (χ3v) is 4.42. The van der Waals surface area contributed by atoms with Crippen LogP contribution in [0.15, 0.2) is 29.2 Å². The summed E-state index contributed by atoms with van der Waals surface area (Å²) in [6.07, 6.45) is 2.38. The molecule has 0 bridgehead atoms. The molecule has 0 saturated heterocycles. The second-order valence-electron chi connectivity index (χ2n) is 6.92. The maximum absolute atomic E-state index is 13.0. The van der Waals surface area contributed by atoms with Crippen LogP contribution in [0.25, 0.3) is 5.57 Å². The fourth-order valence-electron chi connectivity index (χ4n) is 2.23. The Bertz CT molecular complexity index is 835. The molecular formula is C24H36F3N3O3. The third-order valence-electron chi connectivity index (χ3n) is 4.42. The Balaban J connectivity index is 0.000000503. The van der Waals surface area contributed by atoms with Crippen LogP contribution in [0.2, 0.25) is 0 Å². The standard InChI is InChI=1S/C10H12FNO2.C10H14N2O.C2H4F2.C2H6/c1-7-3-4-8(5-9(7)11)14-6-10(13)12-2;1-3-7(2)9-11-12-10(13-9)8-5-4-6-8;1-2(3)4;1-2/h3-5H,6H2,1-2H3,(H,12,13);8H,2-6H2,1H3;2H,1H3;1-2H3. The molecule has 186 valence electrons. The van der Waals surface area contributed by atoms with Gasteiger partial charge in [-0.05, 0) is 44.7 Å². The van der Waals surface area contributed by atoms with Crippen molar-refractivity contribution in [3.05, 3.63) is 47.9 Å². The number of hydrogen-bond donors (Lipinski definition) is 1. The van der Waals surface area contributed by atoms with E-state index < -0.39 is 6.43 Å². The number of alkyl halides is 2. The number of rotatable bonds is 6. The van der Waals surface area contributed by atoms with Crippen molar-refractivity contribution in [2.24, 2.45) is 0 Å². The van der Waals surface area contributed by atoms with Crippen LogP contribution < -0.4 is 10.1 Å². The Morgan fingerprint density at radius 3 is 2.36 bits per heavy atom. The van der Waals surface area contributed by atoms with Crippen molar-refractivity contribution >= 4 is 11.5 Å². The zero-order valence-corrected chi connectivity index (χ0v) is 20.4. The van der Waals surface area contributed by atoms with Gasteiger partial charge in [-0.3, -0.25) is 4.79 Å². The number of allylic oxidation sites excluding steroid dienone is 1. The minimum Gasteiger partial charge on any atom is -0.484 e. The number of likely N-dealkylation sites (N-methyl/N-ethyl adjacent to an activating group) is 1. The molecule has 0 unspecified atom stereocenters. The maximum atomic E-state index is 13.0. The van der Waals surface area contributed by atoms with Gasteiger partial charge < -0.3 is 14.5 Å². The predicted molar refractivity (Wildman–Crippen MR) is 124 cm³/mol. The van der Waals surface area contributed by atoms with E-state index in [-0.39, 0.29) is 18.3 Å². The van der Waals surface area contributed by atoms with Crippen LogP contribution in [0.3, 0.4) is 0 Å². The highest BCUT2D eigenvalue weighted by Crippen LogP contribution is 2.35. The summed E-state index contributed by atoms with van der Waals surface area (Å²) in [5.74, 6) is 1.72. The summed E-state index contributed by atoms with van der Waals surface area (Å²) in [7, 11) is 1.52. The van der Waals surface area contributed by atoms with Gasteiger partial charge in [0.05, 0.1) is 0 Å². The molecule has 1 fully saturated rings. The van der Waals surface area contributed by atoms with Crippen molar-refractivity contribution in [3.8, 4) is 5.75 Å². The average molecular weight is 472 g/mol. The van der Waals surface area contributed by atoms with Crippen molar-refractivity contribution in [1.82, 2.24) is 15.5 Å². The first kappa shape index (κ1) is 30.2. The van der Waals surface area contributed by atoms with Gasteiger partial charge in [0, 0.05) is 24.6 Å².